The summed E-state index contributed by atoms with van der Waals surface area (Å²) in [5, 5.41) is 5.49. The molecular formula is C29H33N3O5S. The Kier molecular flexibility index (Phi) is 8.78. The number of hydrogen-bond acceptors (Lipinski definition) is 7. The Morgan fingerprint density at radius 1 is 0.921 bits per heavy atom. The molecule has 0 unspecified atom stereocenters. The summed E-state index contributed by atoms with van der Waals surface area (Å²) in [6.07, 6.45) is 1.48. The highest BCUT2D eigenvalue weighted by atomic mass is 32.1. The molecule has 0 aliphatic carbocycles. The molecule has 1 aromatic heterocycles. The fraction of sp³-hybridized carbons (Fsp3) is 0.379. The second-order valence-corrected chi connectivity index (χ2v) is 10.7. The Balaban J connectivity index is 1.29. The molecule has 0 atom stereocenters. The SMILES string of the molecule is CC(C)OC(=O)c1ccc(NC(=O)c2csc(C3CCN(C(=O)c4ccc(OC(C)C)cc4)CC3)n2)cc1. The first kappa shape index (κ1) is 27.3. The fourth-order valence-corrected chi connectivity index (χ4v) is 5.18. The summed E-state index contributed by atoms with van der Waals surface area (Å²) < 4.78 is 10.8. The van der Waals surface area contributed by atoms with Crippen molar-refractivity contribution in [1.82, 2.24) is 9.88 Å². The number of anilines is 1. The van der Waals surface area contributed by atoms with Crippen molar-refractivity contribution in [3.8, 4) is 5.75 Å². The molecule has 2 heterocycles. The van der Waals surface area contributed by atoms with E-state index in [-0.39, 0.29) is 29.9 Å². The van der Waals surface area contributed by atoms with Gasteiger partial charge < -0.3 is 19.7 Å². The first-order chi connectivity index (χ1) is 18.2. The van der Waals surface area contributed by atoms with Gasteiger partial charge in [-0.25, -0.2) is 9.78 Å². The van der Waals surface area contributed by atoms with Crippen LogP contribution >= 0.6 is 11.3 Å². The summed E-state index contributed by atoms with van der Waals surface area (Å²) in [5.41, 5.74) is 2.00. The topological polar surface area (TPSA) is 97.8 Å². The Morgan fingerprint density at radius 3 is 2.16 bits per heavy atom. The van der Waals surface area contributed by atoms with Gasteiger partial charge in [0.1, 0.15) is 11.4 Å². The normalized spacial score (nSPS) is 14.0. The van der Waals surface area contributed by atoms with Crippen molar-refractivity contribution < 1.29 is 23.9 Å². The summed E-state index contributed by atoms with van der Waals surface area (Å²) in [6, 6.07) is 13.9. The van der Waals surface area contributed by atoms with E-state index < -0.39 is 5.97 Å². The van der Waals surface area contributed by atoms with Crippen molar-refractivity contribution in [2.45, 2.75) is 58.7 Å². The molecule has 1 N–H and O–H groups in total. The number of piperidine rings is 1. The van der Waals surface area contributed by atoms with E-state index in [1.165, 1.54) is 11.3 Å². The van der Waals surface area contributed by atoms with Crippen LogP contribution in [-0.2, 0) is 4.74 Å². The average molecular weight is 536 g/mol. The molecule has 38 heavy (non-hydrogen) atoms. The van der Waals surface area contributed by atoms with E-state index in [0.717, 1.165) is 23.6 Å². The van der Waals surface area contributed by atoms with Gasteiger partial charge in [-0.2, -0.15) is 0 Å². The second-order valence-electron chi connectivity index (χ2n) is 9.81. The maximum atomic E-state index is 12.9. The fourth-order valence-electron chi connectivity index (χ4n) is 4.21. The quantitative estimate of drug-likeness (QED) is 0.368. The zero-order valence-corrected chi connectivity index (χ0v) is 22.9. The number of likely N-dealkylation sites (tertiary alicyclic amines) is 1. The standard InChI is InChI=1S/C29H33N3O5S/c1-18(2)36-24-11-7-21(8-12-24)28(34)32-15-13-20(14-16-32)27-31-25(17-38-27)26(33)30-23-9-5-22(6-10-23)29(35)37-19(3)4/h5-12,17-20H,13-16H2,1-4H3,(H,30,33). The minimum Gasteiger partial charge on any atom is -0.491 e. The number of benzene rings is 2. The van der Waals surface area contributed by atoms with Crippen molar-refractivity contribution >= 4 is 34.8 Å². The third-order valence-corrected chi connectivity index (χ3v) is 7.09. The lowest BCUT2D eigenvalue weighted by Crippen LogP contribution is -2.37. The summed E-state index contributed by atoms with van der Waals surface area (Å²) in [4.78, 5) is 44.1. The Bertz CT molecular complexity index is 1260. The lowest BCUT2D eigenvalue weighted by Gasteiger charge is -2.31. The molecule has 0 saturated carbocycles. The Hall–Kier alpha value is -3.72. The molecule has 0 spiro atoms. The van der Waals surface area contributed by atoms with Crippen LogP contribution in [0, 0.1) is 0 Å². The smallest absolute Gasteiger partial charge is 0.338 e. The van der Waals surface area contributed by atoms with Crippen LogP contribution in [0.15, 0.2) is 53.9 Å². The van der Waals surface area contributed by atoms with Gasteiger partial charge in [0, 0.05) is 35.6 Å². The molecule has 1 aliphatic heterocycles. The molecule has 0 radical (unpaired) electrons. The van der Waals surface area contributed by atoms with Crippen molar-refractivity contribution in [2.75, 3.05) is 18.4 Å². The van der Waals surface area contributed by atoms with Gasteiger partial charge in [0.05, 0.1) is 22.8 Å². The number of aromatic nitrogens is 1. The highest BCUT2D eigenvalue weighted by Crippen LogP contribution is 2.31. The summed E-state index contributed by atoms with van der Waals surface area (Å²) in [5.74, 6) is 0.273. The van der Waals surface area contributed by atoms with Crippen molar-refractivity contribution in [3.63, 3.8) is 0 Å². The Labute approximate surface area is 227 Å². The molecule has 200 valence electrons. The number of esters is 1. The lowest BCUT2D eigenvalue weighted by molar-refractivity contribution is 0.0377. The summed E-state index contributed by atoms with van der Waals surface area (Å²) in [6.45, 7) is 8.80. The maximum Gasteiger partial charge on any atom is 0.338 e. The number of nitrogens with zero attached hydrogens (tertiary/aromatic N) is 2. The number of carbonyl (C=O) groups excluding carboxylic acids is 3. The van der Waals surface area contributed by atoms with Crippen LogP contribution in [-0.4, -0.2) is 53.0 Å². The zero-order valence-electron chi connectivity index (χ0n) is 22.1. The molecule has 1 aliphatic rings. The molecule has 2 aromatic carbocycles. The van der Waals surface area contributed by atoms with Gasteiger partial charge in [0.15, 0.2) is 0 Å². The monoisotopic (exact) mass is 535 g/mol. The van der Waals surface area contributed by atoms with Crippen LogP contribution < -0.4 is 10.1 Å². The van der Waals surface area contributed by atoms with Crippen molar-refractivity contribution in [1.29, 1.82) is 0 Å². The minimum atomic E-state index is -0.399. The van der Waals surface area contributed by atoms with Gasteiger partial charge in [-0.15, -0.1) is 11.3 Å². The molecule has 9 heteroatoms. The van der Waals surface area contributed by atoms with E-state index in [4.69, 9.17) is 9.47 Å². The first-order valence-electron chi connectivity index (χ1n) is 12.8. The number of hydrogen-bond donors (Lipinski definition) is 1. The largest absolute Gasteiger partial charge is 0.491 e. The molecule has 4 rings (SSSR count). The van der Waals surface area contributed by atoms with E-state index in [0.29, 0.717) is 35.6 Å². The predicted molar refractivity (Wildman–Crippen MR) is 147 cm³/mol. The van der Waals surface area contributed by atoms with Gasteiger partial charge in [-0.3, -0.25) is 9.59 Å². The Morgan fingerprint density at radius 2 is 1.55 bits per heavy atom. The van der Waals surface area contributed by atoms with Crippen LogP contribution in [0.2, 0.25) is 0 Å². The predicted octanol–water partition coefficient (Wildman–Crippen LogP) is 5.77. The number of nitrogens with one attached hydrogen (secondary N) is 1. The second kappa shape index (κ2) is 12.2. The third kappa shape index (κ3) is 6.98. The van der Waals surface area contributed by atoms with Gasteiger partial charge in [0.2, 0.25) is 0 Å². The summed E-state index contributed by atoms with van der Waals surface area (Å²) in [7, 11) is 0. The molecule has 1 saturated heterocycles. The number of rotatable bonds is 8. The zero-order chi connectivity index (χ0) is 27.2. The highest BCUT2D eigenvalue weighted by molar-refractivity contribution is 7.10. The van der Waals surface area contributed by atoms with Crippen LogP contribution in [0.5, 0.6) is 5.75 Å². The van der Waals surface area contributed by atoms with E-state index in [9.17, 15) is 14.4 Å². The van der Waals surface area contributed by atoms with Crippen molar-refractivity contribution in [3.05, 3.63) is 75.7 Å². The van der Waals surface area contributed by atoms with Gasteiger partial charge in [-0.05, 0) is 89.1 Å². The number of thiazole rings is 1. The lowest BCUT2D eigenvalue weighted by atomic mass is 9.97. The third-order valence-electron chi connectivity index (χ3n) is 6.08. The van der Waals surface area contributed by atoms with Crippen LogP contribution in [0.4, 0.5) is 5.69 Å². The van der Waals surface area contributed by atoms with E-state index >= 15 is 0 Å². The van der Waals surface area contributed by atoms with E-state index in [1.54, 1.807) is 43.5 Å². The van der Waals surface area contributed by atoms with E-state index in [1.807, 2.05) is 43.0 Å². The van der Waals surface area contributed by atoms with Crippen molar-refractivity contribution in [2.24, 2.45) is 0 Å². The van der Waals surface area contributed by atoms with Gasteiger partial charge >= 0.3 is 5.97 Å². The van der Waals surface area contributed by atoms with Gasteiger partial charge in [0.25, 0.3) is 11.8 Å². The summed E-state index contributed by atoms with van der Waals surface area (Å²) >= 11 is 1.47. The number of amides is 2. The van der Waals surface area contributed by atoms with E-state index in [2.05, 4.69) is 10.3 Å². The maximum absolute atomic E-state index is 12.9. The van der Waals surface area contributed by atoms with Gasteiger partial charge in [-0.1, -0.05) is 0 Å². The van der Waals surface area contributed by atoms with Crippen LogP contribution in [0.25, 0.3) is 0 Å². The highest BCUT2D eigenvalue weighted by Gasteiger charge is 2.27. The first-order valence-corrected chi connectivity index (χ1v) is 13.7. The van der Waals surface area contributed by atoms with Crippen LogP contribution in [0.1, 0.15) is 82.7 Å². The number of ether oxygens (including phenoxy) is 2. The molecular weight excluding hydrogens is 502 g/mol. The minimum absolute atomic E-state index is 0.0160. The molecule has 1 fully saturated rings. The van der Waals surface area contributed by atoms with Crippen LogP contribution in [0.3, 0.4) is 0 Å². The molecule has 3 aromatic rings. The molecule has 0 bridgehead atoms. The average Bonchev–Trinajstić information content (AvgIpc) is 3.39. The number of carbonyl (C=O) groups is 3. The molecule has 8 nitrogen and oxygen atoms in total. The molecule has 2 amide bonds.